The Hall–Kier alpha value is -1.14. The number of primary sulfonamides is 1. The van der Waals surface area contributed by atoms with Crippen molar-refractivity contribution in [2.24, 2.45) is 11.1 Å². The van der Waals surface area contributed by atoms with E-state index < -0.39 is 10.0 Å². The van der Waals surface area contributed by atoms with E-state index in [1.54, 1.807) is 13.0 Å². The molecule has 0 heterocycles. The minimum atomic E-state index is -3.51. The van der Waals surface area contributed by atoms with Crippen LogP contribution in [0, 0.1) is 18.7 Å². The van der Waals surface area contributed by atoms with Crippen molar-refractivity contribution in [2.75, 3.05) is 12.4 Å². The van der Waals surface area contributed by atoms with Crippen molar-refractivity contribution in [1.82, 2.24) is 0 Å². The summed E-state index contributed by atoms with van der Waals surface area (Å²) in [5.41, 5.74) is 0.686. The summed E-state index contributed by atoms with van der Waals surface area (Å²) in [6.07, 6.45) is 1.57. The predicted octanol–water partition coefficient (Wildman–Crippen LogP) is 2.22. The van der Waals surface area contributed by atoms with Crippen LogP contribution in [0.1, 0.15) is 25.3 Å². The van der Waals surface area contributed by atoms with Gasteiger partial charge in [0, 0.05) is 5.92 Å². The zero-order valence-electron chi connectivity index (χ0n) is 11.2. The van der Waals surface area contributed by atoms with Crippen molar-refractivity contribution in [1.29, 1.82) is 0 Å². The number of ether oxygens (including phenoxy) is 1. The summed E-state index contributed by atoms with van der Waals surface area (Å²) in [5.74, 6) is 0.00188. The average molecular weight is 289 g/mol. The normalized spacial score (nSPS) is 13.3. The predicted molar refractivity (Wildman–Crippen MR) is 73.0 cm³/mol. The van der Waals surface area contributed by atoms with E-state index in [0.717, 1.165) is 12.8 Å². The van der Waals surface area contributed by atoms with Gasteiger partial charge in [0.25, 0.3) is 0 Å². The third-order valence-electron chi connectivity index (χ3n) is 2.78. The van der Waals surface area contributed by atoms with Crippen molar-refractivity contribution in [3.63, 3.8) is 0 Å². The number of rotatable bonds is 7. The SMILES string of the molecule is CCCC(COc1ccc(F)cc1C)CS(N)(=O)=O. The van der Waals surface area contributed by atoms with Gasteiger partial charge in [-0.3, -0.25) is 0 Å². The van der Waals surface area contributed by atoms with Crippen LogP contribution in [0.25, 0.3) is 0 Å². The second kappa shape index (κ2) is 6.86. The van der Waals surface area contributed by atoms with Crippen LogP contribution in [0.15, 0.2) is 18.2 Å². The molecule has 108 valence electrons. The molecule has 1 aromatic rings. The van der Waals surface area contributed by atoms with E-state index in [2.05, 4.69) is 0 Å². The molecule has 2 N–H and O–H groups in total. The Labute approximate surface area is 113 Å². The fourth-order valence-corrected chi connectivity index (χ4v) is 2.85. The summed E-state index contributed by atoms with van der Waals surface area (Å²) in [5, 5.41) is 5.05. The maximum Gasteiger partial charge on any atom is 0.209 e. The van der Waals surface area contributed by atoms with Gasteiger partial charge >= 0.3 is 0 Å². The average Bonchev–Trinajstić information content (AvgIpc) is 2.26. The molecule has 19 heavy (non-hydrogen) atoms. The maximum atomic E-state index is 12.9. The van der Waals surface area contributed by atoms with Gasteiger partial charge in [-0.15, -0.1) is 0 Å². The van der Waals surface area contributed by atoms with Crippen LogP contribution in [0.4, 0.5) is 4.39 Å². The number of nitrogens with two attached hydrogens (primary N) is 1. The minimum Gasteiger partial charge on any atom is -0.493 e. The van der Waals surface area contributed by atoms with Gasteiger partial charge in [-0.25, -0.2) is 17.9 Å². The first-order valence-electron chi connectivity index (χ1n) is 6.21. The first-order valence-corrected chi connectivity index (χ1v) is 7.92. The first-order chi connectivity index (χ1) is 8.81. The second-order valence-electron chi connectivity index (χ2n) is 4.71. The van der Waals surface area contributed by atoms with Gasteiger partial charge in [0.1, 0.15) is 11.6 Å². The fraction of sp³-hybridized carbons (Fsp3) is 0.538. The lowest BCUT2D eigenvalue weighted by Gasteiger charge is -2.17. The first kappa shape index (κ1) is 15.9. The van der Waals surface area contributed by atoms with Crippen molar-refractivity contribution < 1.29 is 17.5 Å². The van der Waals surface area contributed by atoms with Crippen LogP contribution >= 0.6 is 0 Å². The van der Waals surface area contributed by atoms with Gasteiger partial charge in [0.15, 0.2) is 0 Å². The second-order valence-corrected chi connectivity index (χ2v) is 6.36. The Balaban J connectivity index is 2.65. The Morgan fingerprint density at radius 1 is 1.42 bits per heavy atom. The van der Waals surface area contributed by atoms with Crippen LogP contribution in [0.2, 0.25) is 0 Å². The van der Waals surface area contributed by atoms with Crippen LogP contribution in [0.3, 0.4) is 0 Å². The van der Waals surface area contributed by atoms with Gasteiger partial charge in [0.2, 0.25) is 10.0 Å². The number of benzene rings is 1. The number of hydrogen-bond donors (Lipinski definition) is 1. The molecule has 1 unspecified atom stereocenters. The topological polar surface area (TPSA) is 69.4 Å². The van der Waals surface area contributed by atoms with Crippen molar-refractivity contribution in [3.8, 4) is 5.75 Å². The summed E-state index contributed by atoms with van der Waals surface area (Å²) in [4.78, 5) is 0. The van der Waals surface area contributed by atoms with Gasteiger partial charge in [-0.1, -0.05) is 13.3 Å². The smallest absolute Gasteiger partial charge is 0.209 e. The van der Waals surface area contributed by atoms with E-state index in [1.165, 1.54) is 12.1 Å². The monoisotopic (exact) mass is 289 g/mol. The lowest BCUT2D eigenvalue weighted by Crippen LogP contribution is -2.27. The highest BCUT2D eigenvalue weighted by Gasteiger charge is 2.16. The van der Waals surface area contributed by atoms with E-state index >= 15 is 0 Å². The van der Waals surface area contributed by atoms with Gasteiger partial charge in [0.05, 0.1) is 12.4 Å². The number of halogens is 1. The van der Waals surface area contributed by atoms with E-state index in [-0.39, 0.29) is 24.1 Å². The molecule has 0 aliphatic heterocycles. The molecule has 0 aromatic heterocycles. The third kappa shape index (κ3) is 6.02. The molecular weight excluding hydrogens is 269 g/mol. The Morgan fingerprint density at radius 3 is 2.63 bits per heavy atom. The molecule has 0 spiro atoms. The lowest BCUT2D eigenvalue weighted by molar-refractivity contribution is 0.251. The molecule has 1 rings (SSSR count). The van der Waals surface area contributed by atoms with Gasteiger partial charge < -0.3 is 4.74 Å². The van der Waals surface area contributed by atoms with E-state index in [1.807, 2.05) is 6.92 Å². The molecule has 0 bridgehead atoms. The number of sulfonamides is 1. The zero-order valence-corrected chi connectivity index (χ0v) is 12.0. The van der Waals surface area contributed by atoms with Crippen LogP contribution in [-0.4, -0.2) is 20.8 Å². The molecule has 1 atom stereocenters. The molecule has 0 aliphatic rings. The molecule has 0 radical (unpaired) electrons. The highest BCUT2D eigenvalue weighted by atomic mass is 32.2. The molecular formula is C13H20FNO3S. The maximum absolute atomic E-state index is 12.9. The lowest BCUT2D eigenvalue weighted by atomic mass is 10.1. The molecule has 0 saturated carbocycles. The molecule has 0 amide bonds. The highest BCUT2D eigenvalue weighted by Crippen LogP contribution is 2.20. The highest BCUT2D eigenvalue weighted by molar-refractivity contribution is 7.89. The standard InChI is InChI=1S/C13H20FNO3S/c1-3-4-11(9-19(15,16)17)8-18-13-6-5-12(14)7-10(13)2/h5-7,11H,3-4,8-9H2,1-2H3,(H2,15,16,17). The van der Waals surface area contributed by atoms with Gasteiger partial charge in [-0.2, -0.15) is 0 Å². The van der Waals surface area contributed by atoms with Crippen molar-refractivity contribution in [2.45, 2.75) is 26.7 Å². The molecule has 4 nitrogen and oxygen atoms in total. The molecule has 6 heteroatoms. The van der Waals surface area contributed by atoms with E-state index in [9.17, 15) is 12.8 Å². The molecule has 0 saturated heterocycles. The van der Waals surface area contributed by atoms with Gasteiger partial charge in [-0.05, 0) is 37.1 Å². The summed E-state index contributed by atoms with van der Waals surface area (Å²) >= 11 is 0. The van der Waals surface area contributed by atoms with Crippen LogP contribution in [-0.2, 0) is 10.0 Å². The van der Waals surface area contributed by atoms with Crippen molar-refractivity contribution >= 4 is 10.0 Å². The number of aryl methyl sites for hydroxylation is 1. The summed E-state index contributed by atoms with van der Waals surface area (Å²) in [6.45, 7) is 3.98. The largest absolute Gasteiger partial charge is 0.493 e. The third-order valence-corrected chi connectivity index (χ3v) is 3.71. The molecule has 1 aromatic carbocycles. The van der Waals surface area contributed by atoms with Crippen molar-refractivity contribution in [3.05, 3.63) is 29.6 Å². The van der Waals surface area contributed by atoms with Crippen LogP contribution in [0.5, 0.6) is 5.75 Å². The molecule has 0 aliphatic carbocycles. The molecule has 0 fully saturated rings. The van der Waals surface area contributed by atoms with E-state index in [0.29, 0.717) is 11.3 Å². The van der Waals surface area contributed by atoms with Crippen LogP contribution < -0.4 is 9.88 Å². The fourth-order valence-electron chi connectivity index (χ4n) is 1.93. The Bertz CT molecular complexity index is 517. The minimum absolute atomic E-state index is 0.0961. The number of hydrogen-bond acceptors (Lipinski definition) is 3. The Morgan fingerprint density at radius 2 is 2.11 bits per heavy atom. The summed E-state index contributed by atoms with van der Waals surface area (Å²) < 4.78 is 40.7. The van der Waals surface area contributed by atoms with E-state index in [4.69, 9.17) is 9.88 Å². The zero-order chi connectivity index (χ0) is 14.5. The summed E-state index contributed by atoms with van der Waals surface area (Å²) in [7, 11) is -3.51. The quantitative estimate of drug-likeness (QED) is 0.836. The summed E-state index contributed by atoms with van der Waals surface area (Å²) in [6, 6.07) is 4.24. The Kier molecular flexibility index (Phi) is 5.75.